The molecule has 0 unspecified atom stereocenters. The molecule has 0 N–H and O–H groups in total. The first-order chi connectivity index (χ1) is 33.2. The average molecular weight is 853 g/mol. The fraction of sp³-hybridized carbons (Fsp3) is 0.0312. The predicted octanol–water partition coefficient (Wildman–Crippen LogP) is 15.3. The van der Waals surface area contributed by atoms with E-state index < -0.39 is 0 Å². The van der Waals surface area contributed by atoms with Crippen molar-refractivity contribution in [2.75, 3.05) is 9.80 Å². The van der Waals surface area contributed by atoms with Crippen LogP contribution in [0.5, 0.6) is 0 Å². The van der Waals surface area contributed by atoms with Gasteiger partial charge in [0.2, 0.25) is 0 Å². The summed E-state index contributed by atoms with van der Waals surface area (Å²) >= 11 is 0. The monoisotopic (exact) mass is 852 g/mol. The number of fused-ring (bicyclic) bond motifs is 5. The highest BCUT2D eigenvalue weighted by atomic mass is 15.2. The summed E-state index contributed by atoms with van der Waals surface area (Å²) in [5.41, 5.74) is 23.1. The first-order valence-corrected chi connectivity index (χ1v) is 23.5. The number of hydrogen-bond acceptors (Lipinski definition) is 2. The van der Waals surface area contributed by atoms with Crippen LogP contribution in [0.4, 0.5) is 34.1 Å². The largest absolute Gasteiger partial charge is 0.311 e. The maximum absolute atomic E-state index is 2.55. The van der Waals surface area contributed by atoms with E-state index in [2.05, 4.69) is 259 Å². The molecule has 10 aromatic carbocycles. The third-order valence-corrected chi connectivity index (χ3v) is 14.1. The van der Waals surface area contributed by atoms with Gasteiger partial charge >= 0.3 is 0 Å². The second kappa shape index (κ2) is 16.2. The smallest absolute Gasteiger partial charge is 0.252 e. The Morgan fingerprint density at radius 1 is 0.343 bits per heavy atom. The Labute approximate surface area is 393 Å². The summed E-state index contributed by atoms with van der Waals surface area (Å²) < 4.78 is 0. The second-order valence-corrected chi connectivity index (χ2v) is 17.9. The van der Waals surface area contributed by atoms with Gasteiger partial charge in [0.05, 0.1) is 0 Å². The van der Waals surface area contributed by atoms with Crippen molar-refractivity contribution in [3.05, 3.63) is 254 Å². The quantitative estimate of drug-likeness (QED) is 0.147. The maximum atomic E-state index is 2.55. The molecular weight excluding hydrogens is 808 g/mol. The summed E-state index contributed by atoms with van der Waals surface area (Å²) in [6.45, 7) is -0.0585. The van der Waals surface area contributed by atoms with E-state index in [-0.39, 0.29) is 6.71 Å². The van der Waals surface area contributed by atoms with Gasteiger partial charge in [-0.3, -0.25) is 0 Å². The van der Waals surface area contributed by atoms with Crippen LogP contribution in [0.2, 0.25) is 0 Å². The zero-order valence-corrected chi connectivity index (χ0v) is 37.1. The zero-order valence-electron chi connectivity index (χ0n) is 37.1. The number of anilines is 6. The molecule has 3 aliphatic rings. The highest BCUT2D eigenvalue weighted by Crippen LogP contribution is 2.48. The lowest BCUT2D eigenvalue weighted by atomic mass is 9.33. The first-order valence-electron chi connectivity index (χ1n) is 23.5. The number of allylic oxidation sites excluding steroid dienone is 4. The fourth-order valence-electron chi connectivity index (χ4n) is 10.9. The molecule has 0 bridgehead atoms. The van der Waals surface area contributed by atoms with E-state index in [0.29, 0.717) is 0 Å². The van der Waals surface area contributed by atoms with Gasteiger partial charge in [-0.2, -0.15) is 0 Å². The molecule has 0 radical (unpaired) electrons. The van der Waals surface area contributed by atoms with E-state index in [1.165, 1.54) is 106 Å². The minimum Gasteiger partial charge on any atom is -0.311 e. The molecule has 314 valence electrons. The van der Waals surface area contributed by atoms with Crippen molar-refractivity contribution in [2.24, 2.45) is 0 Å². The Morgan fingerprint density at radius 3 is 1.37 bits per heavy atom. The van der Waals surface area contributed by atoms with Gasteiger partial charge in [0, 0.05) is 34.1 Å². The summed E-state index contributed by atoms with van der Waals surface area (Å²) in [4.78, 5) is 5.09. The minimum absolute atomic E-state index is 0.0585. The van der Waals surface area contributed by atoms with E-state index in [9.17, 15) is 0 Å². The summed E-state index contributed by atoms with van der Waals surface area (Å²) in [6.07, 6.45) is 9.11. The second-order valence-electron chi connectivity index (χ2n) is 17.9. The van der Waals surface area contributed by atoms with Crippen LogP contribution in [0.15, 0.2) is 249 Å². The summed E-state index contributed by atoms with van der Waals surface area (Å²) in [5, 5.41) is 2.47. The Balaban J connectivity index is 1.12. The summed E-state index contributed by atoms with van der Waals surface area (Å²) in [6, 6.07) is 85.6. The van der Waals surface area contributed by atoms with Gasteiger partial charge in [-0.25, -0.2) is 0 Å². The van der Waals surface area contributed by atoms with Crippen molar-refractivity contribution in [1.82, 2.24) is 0 Å². The normalized spacial score (nSPS) is 13.5. The van der Waals surface area contributed by atoms with Crippen LogP contribution in [-0.2, 0) is 0 Å². The van der Waals surface area contributed by atoms with Gasteiger partial charge in [-0.05, 0) is 144 Å². The molecule has 0 atom stereocenters. The molecule has 0 fully saturated rings. The van der Waals surface area contributed by atoms with Gasteiger partial charge in [0.25, 0.3) is 6.71 Å². The van der Waals surface area contributed by atoms with Crippen molar-refractivity contribution in [3.63, 3.8) is 0 Å². The van der Waals surface area contributed by atoms with Gasteiger partial charge in [0.1, 0.15) is 0 Å². The van der Waals surface area contributed by atoms with E-state index in [0.717, 1.165) is 24.2 Å². The highest BCUT2D eigenvalue weighted by Gasteiger charge is 2.44. The van der Waals surface area contributed by atoms with E-state index in [4.69, 9.17) is 0 Å². The number of hydrogen-bond donors (Lipinski definition) is 0. The molecule has 0 aromatic heterocycles. The van der Waals surface area contributed by atoms with E-state index >= 15 is 0 Å². The van der Waals surface area contributed by atoms with Gasteiger partial charge in [0.15, 0.2) is 0 Å². The van der Waals surface area contributed by atoms with Gasteiger partial charge in [-0.15, -0.1) is 0 Å². The molecule has 0 saturated heterocycles. The lowest BCUT2D eigenvalue weighted by Gasteiger charge is -2.44. The number of benzene rings is 10. The highest BCUT2D eigenvalue weighted by molar-refractivity contribution is 7.00. The standard InChI is InChI=1S/C64H45BN2/c1-5-16-44(17-6-1)48-28-34-54(35-29-48)66-60-38-32-51(46-20-9-3-10-21-46)40-58(60)65-59-41-52(47-22-11-4-12-23-47)33-39-61(59)67(55-36-30-49(31-37-55)45-18-7-2-8-19-45)63-43-53(42-62(66)64(63)65)57-27-15-25-50-24-13-14-26-56(50)57/h1,3-7,9-43H,2,8H2. The molecule has 3 heteroatoms. The molecule has 13 rings (SSSR count). The Morgan fingerprint density at radius 2 is 0.821 bits per heavy atom. The number of nitrogens with zero attached hydrogens (tertiary/aromatic N) is 2. The molecule has 10 aromatic rings. The van der Waals surface area contributed by atoms with Crippen molar-refractivity contribution in [1.29, 1.82) is 0 Å². The van der Waals surface area contributed by atoms with Crippen LogP contribution in [-0.4, -0.2) is 6.71 Å². The van der Waals surface area contributed by atoms with Crippen LogP contribution in [0.3, 0.4) is 0 Å². The van der Waals surface area contributed by atoms with Crippen LogP contribution in [0.1, 0.15) is 18.4 Å². The van der Waals surface area contributed by atoms with Gasteiger partial charge < -0.3 is 9.80 Å². The molecule has 2 nitrogen and oxygen atoms in total. The van der Waals surface area contributed by atoms with Crippen LogP contribution >= 0.6 is 0 Å². The SMILES string of the molecule is C1=CC(c2ccc(N3c4ccc(-c5ccccc5)cc4B4c5cc(-c6ccccc6)ccc5N(c5ccc(-c6ccccc6)cc5)c5cc(-c6cccc7ccccc67)cc3c54)cc2)=CCC1. The van der Waals surface area contributed by atoms with Crippen molar-refractivity contribution < 1.29 is 0 Å². The van der Waals surface area contributed by atoms with Crippen LogP contribution in [0.25, 0.3) is 60.9 Å². The topological polar surface area (TPSA) is 6.48 Å². The summed E-state index contributed by atoms with van der Waals surface area (Å²) in [5.74, 6) is 0. The maximum Gasteiger partial charge on any atom is 0.252 e. The van der Waals surface area contributed by atoms with Crippen LogP contribution in [0, 0.1) is 0 Å². The molecule has 0 spiro atoms. The van der Waals surface area contributed by atoms with Crippen molar-refractivity contribution in [3.8, 4) is 44.5 Å². The lowest BCUT2D eigenvalue weighted by Crippen LogP contribution is -2.61. The first kappa shape index (κ1) is 39.0. The molecule has 1 aliphatic carbocycles. The molecule has 0 saturated carbocycles. The lowest BCUT2D eigenvalue weighted by molar-refractivity contribution is 1.04. The van der Waals surface area contributed by atoms with Crippen molar-refractivity contribution in [2.45, 2.75) is 12.8 Å². The fourth-order valence-corrected chi connectivity index (χ4v) is 10.9. The average Bonchev–Trinajstić information content (AvgIpc) is 3.41. The molecule has 67 heavy (non-hydrogen) atoms. The van der Waals surface area contributed by atoms with Gasteiger partial charge in [-0.1, -0.05) is 200 Å². The Hall–Kier alpha value is -8.40. The molecular formula is C64H45BN2. The Bertz CT molecular complexity index is 3550. The minimum atomic E-state index is -0.0585. The Kier molecular flexibility index (Phi) is 9.46. The van der Waals surface area contributed by atoms with Crippen molar-refractivity contribution >= 4 is 73.6 Å². The predicted molar refractivity (Wildman–Crippen MR) is 286 cm³/mol. The third-order valence-electron chi connectivity index (χ3n) is 14.1. The van der Waals surface area contributed by atoms with Crippen LogP contribution < -0.4 is 26.2 Å². The van der Waals surface area contributed by atoms with E-state index in [1.54, 1.807) is 0 Å². The van der Waals surface area contributed by atoms with E-state index in [1.807, 2.05) is 0 Å². The summed E-state index contributed by atoms with van der Waals surface area (Å²) in [7, 11) is 0. The zero-order chi connectivity index (χ0) is 44.3. The molecule has 2 aliphatic heterocycles. The molecule has 2 heterocycles. The number of rotatable bonds is 7. The molecule has 0 amide bonds. The third kappa shape index (κ3) is 6.74.